The predicted molar refractivity (Wildman–Crippen MR) is 28.8 cm³/mol. The maximum absolute atomic E-state index is 4.39. The molecule has 1 aromatic heterocycles. The van der Waals surface area contributed by atoms with Gasteiger partial charge in [-0.3, -0.25) is 0 Å². The van der Waals surface area contributed by atoms with Crippen LogP contribution in [0.25, 0.3) is 0 Å². The molecule has 0 fully saturated rings. The lowest BCUT2D eigenvalue weighted by Crippen LogP contribution is -1.61. The van der Waals surface area contributed by atoms with Crippen LogP contribution in [0.3, 0.4) is 0 Å². The van der Waals surface area contributed by atoms with Gasteiger partial charge in [0, 0.05) is 5.27 Å². The van der Waals surface area contributed by atoms with E-state index in [9.17, 15) is 0 Å². The molecule has 0 saturated carbocycles. The second kappa shape index (κ2) is 1.75. The molecule has 3 nitrogen and oxygen atoms in total. The van der Waals surface area contributed by atoms with E-state index < -0.39 is 0 Å². The largest absolute Gasteiger partial charge is 0.329 e. The van der Waals surface area contributed by atoms with Crippen molar-refractivity contribution in [3.05, 3.63) is 0 Å². The number of aromatic nitrogens is 2. The van der Waals surface area contributed by atoms with Crippen molar-refractivity contribution in [2.24, 2.45) is 0 Å². The monoisotopic (exact) mass is 134 g/mol. The summed E-state index contributed by atoms with van der Waals surface area (Å²) in [5, 5.41) is 7.30. The number of hydrogen-bond acceptors (Lipinski definition) is 5. The minimum absolute atomic E-state index is 0.350. The minimum Gasteiger partial charge on any atom is -0.329 e. The molecule has 0 aliphatic rings. The number of thiol groups is 2. The lowest BCUT2D eigenvalue weighted by atomic mass is 11.0. The van der Waals surface area contributed by atoms with Crippen molar-refractivity contribution in [2.45, 2.75) is 10.1 Å². The molecule has 0 amide bonds. The Balaban J connectivity index is 3.12. The molecule has 1 heterocycles. The summed E-state index contributed by atoms with van der Waals surface area (Å²) in [6.45, 7) is 0. The minimum atomic E-state index is 0.350. The van der Waals surface area contributed by atoms with Gasteiger partial charge in [0.2, 0.25) is 5.09 Å². The molecule has 0 aliphatic carbocycles. The maximum Gasteiger partial charge on any atom is 0.224 e. The van der Waals surface area contributed by atoms with Crippen LogP contribution in [0.5, 0.6) is 0 Å². The summed E-state index contributed by atoms with van der Waals surface area (Å²) >= 11 is 7.59. The van der Waals surface area contributed by atoms with E-state index in [1.807, 2.05) is 0 Å². The van der Waals surface area contributed by atoms with Gasteiger partial charge in [-0.05, 0) is 0 Å². The third kappa shape index (κ3) is 0.889. The molecule has 0 atom stereocenters. The molecule has 0 radical (unpaired) electrons. The standard InChI is InChI=1S/C2H2N2OS2/c6-1-2(7)5-4-3-1/h6-7H. The fraction of sp³-hybridized carbons (Fsp3) is 0. The first kappa shape index (κ1) is 4.99. The fourth-order valence-corrected chi connectivity index (χ4v) is 0.340. The van der Waals surface area contributed by atoms with Crippen LogP contribution < -0.4 is 0 Å². The van der Waals surface area contributed by atoms with Gasteiger partial charge in [0.25, 0.3) is 0 Å². The van der Waals surface area contributed by atoms with Crippen LogP contribution in [0.15, 0.2) is 14.6 Å². The van der Waals surface area contributed by atoms with E-state index in [1.54, 1.807) is 0 Å². The molecule has 38 valence electrons. The van der Waals surface area contributed by atoms with Gasteiger partial charge in [0.15, 0.2) is 5.03 Å². The zero-order chi connectivity index (χ0) is 5.28. The van der Waals surface area contributed by atoms with E-state index >= 15 is 0 Å². The third-order valence-corrected chi connectivity index (χ3v) is 1.22. The Labute approximate surface area is 50.9 Å². The molecule has 0 spiro atoms. The fourth-order valence-electron chi connectivity index (χ4n) is 0.181. The summed E-state index contributed by atoms with van der Waals surface area (Å²) in [7, 11) is 0. The van der Waals surface area contributed by atoms with Gasteiger partial charge in [0.1, 0.15) is 0 Å². The molecule has 1 rings (SSSR count). The Morgan fingerprint density at radius 2 is 2.14 bits per heavy atom. The van der Waals surface area contributed by atoms with Gasteiger partial charge < -0.3 is 4.52 Å². The summed E-state index contributed by atoms with van der Waals surface area (Å²) in [6.07, 6.45) is 0. The smallest absolute Gasteiger partial charge is 0.224 e. The Kier molecular flexibility index (Phi) is 1.25. The first-order valence-corrected chi connectivity index (χ1v) is 2.40. The quantitative estimate of drug-likeness (QED) is 0.512. The van der Waals surface area contributed by atoms with Gasteiger partial charge in [-0.25, -0.2) is 0 Å². The SMILES string of the molecule is Sc1nnoc1S. The topological polar surface area (TPSA) is 38.9 Å². The molecule has 5 heteroatoms. The highest BCUT2D eigenvalue weighted by molar-refractivity contribution is 7.83. The van der Waals surface area contributed by atoms with Crippen molar-refractivity contribution in [3.8, 4) is 0 Å². The van der Waals surface area contributed by atoms with Gasteiger partial charge in [-0.15, -0.1) is 17.7 Å². The normalized spacial score (nSPS) is 9.43. The molecule has 0 N–H and O–H groups in total. The highest BCUT2D eigenvalue weighted by Crippen LogP contribution is 2.11. The van der Waals surface area contributed by atoms with Crippen molar-refractivity contribution >= 4 is 25.3 Å². The van der Waals surface area contributed by atoms with Crippen molar-refractivity contribution in [3.63, 3.8) is 0 Å². The van der Waals surface area contributed by atoms with Crippen LogP contribution >= 0.6 is 25.3 Å². The second-order valence-corrected chi connectivity index (χ2v) is 1.73. The number of hydrogen-bond donors (Lipinski definition) is 2. The highest BCUT2D eigenvalue weighted by atomic mass is 32.1. The van der Waals surface area contributed by atoms with Gasteiger partial charge >= 0.3 is 0 Å². The molecule has 0 bridgehead atoms. The van der Waals surface area contributed by atoms with Crippen LogP contribution in [-0.4, -0.2) is 10.4 Å². The Morgan fingerprint density at radius 1 is 1.43 bits per heavy atom. The zero-order valence-electron chi connectivity index (χ0n) is 3.20. The molecule has 0 aromatic carbocycles. The molecular formula is C2H2N2OS2. The number of rotatable bonds is 0. The average molecular weight is 134 g/mol. The second-order valence-electron chi connectivity index (χ2n) is 0.902. The zero-order valence-corrected chi connectivity index (χ0v) is 4.99. The van der Waals surface area contributed by atoms with Gasteiger partial charge in [-0.1, -0.05) is 12.6 Å². The van der Waals surface area contributed by atoms with E-state index in [2.05, 4.69) is 40.2 Å². The summed E-state index contributed by atoms with van der Waals surface area (Å²) in [4.78, 5) is 0. The van der Waals surface area contributed by atoms with Crippen LogP contribution in [0.4, 0.5) is 0 Å². The van der Waals surface area contributed by atoms with E-state index in [0.717, 1.165) is 0 Å². The molecular weight excluding hydrogens is 132 g/mol. The Morgan fingerprint density at radius 3 is 2.29 bits per heavy atom. The Bertz CT molecular complexity index is 146. The van der Waals surface area contributed by atoms with E-state index in [0.29, 0.717) is 10.1 Å². The van der Waals surface area contributed by atoms with E-state index in [-0.39, 0.29) is 0 Å². The lowest BCUT2D eigenvalue weighted by Gasteiger charge is -1.70. The summed E-state index contributed by atoms with van der Waals surface area (Å²) in [5.41, 5.74) is 0. The van der Waals surface area contributed by atoms with Crippen LogP contribution in [-0.2, 0) is 0 Å². The summed E-state index contributed by atoms with van der Waals surface area (Å²) in [6, 6.07) is 0. The lowest BCUT2D eigenvalue weighted by molar-refractivity contribution is 0.330. The molecule has 1 aromatic rings. The van der Waals surface area contributed by atoms with E-state index in [4.69, 9.17) is 0 Å². The van der Waals surface area contributed by atoms with Crippen LogP contribution in [0.2, 0.25) is 0 Å². The summed E-state index contributed by atoms with van der Waals surface area (Å²) < 4.78 is 4.39. The highest BCUT2D eigenvalue weighted by Gasteiger charge is 1.96. The molecule has 7 heavy (non-hydrogen) atoms. The maximum atomic E-state index is 4.39. The first-order chi connectivity index (χ1) is 3.30. The first-order valence-electron chi connectivity index (χ1n) is 1.51. The van der Waals surface area contributed by atoms with Crippen molar-refractivity contribution in [1.82, 2.24) is 10.4 Å². The molecule has 0 saturated heterocycles. The number of nitrogens with zero attached hydrogens (tertiary/aromatic N) is 2. The Hall–Kier alpha value is -0.160. The van der Waals surface area contributed by atoms with Crippen LogP contribution in [0, 0.1) is 0 Å². The average Bonchev–Trinajstić information content (AvgIpc) is 1.91. The molecule has 0 aliphatic heterocycles. The van der Waals surface area contributed by atoms with Crippen molar-refractivity contribution < 1.29 is 4.52 Å². The predicted octanol–water partition coefficient (Wildman–Crippen LogP) is 0.647. The third-order valence-electron chi connectivity index (χ3n) is 0.454. The van der Waals surface area contributed by atoms with Crippen molar-refractivity contribution in [1.29, 1.82) is 0 Å². The van der Waals surface area contributed by atoms with Gasteiger partial charge in [0.05, 0.1) is 0 Å². The van der Waals surface area contributed by atoms with Gasteiger partial charge in [-0.2, -0.15) is 0 Å². The summed E-state index contributed by atoms with van der Waals surface area (Å²) in [5.74, 6) is 0. The molecule has 0 unspecified atom stereocenters. The van der Waals surface area contributed by atoms with E-state index in [1.165, 1.54) is 0 Å². The van der Waals surface area contributed by atoms with Crippen LogP contribution in [0.1, 0.15) is 0 Å². The van der Waals surface area contributed by atoms with Crippen molar-refractivity contribution in [2.75, 3.05) is 0 Å².